The Labute approximate surface area is 218 Å². The Bertz CT molecular complexity index is 1360. The van der Waals surface area contributed by atoms with Crippen LogP contribution in [0.2, 0.25) is 0 Å². The Balaban J connectivity index is 1.78. The number of allylic oxidation sites excluding steroid dienone is 2. The van der Waals surface area contributed by atoms with Crippen molar-refractivity contribution in [2.45, 2.75) is 27.7 Å². The van der Waals surface area contributed by atoms with Crippen molar-refractivity contribution in [2.75, 3.05) is 25.6 Å². The quantitative estimate of drug-likeness (QED) is 0.358. The summed E-state index contributed by atoms with van der Waals surface area (Å²) in [7, 11) is 1.44. The minimum Gasteiger partial charge on any atom is -0.496 e. The van der Waals surface area contributed by atoms with Crippen LogP contribution in [0.1, 0.15) is 36.8 Å². The van der Waals surface area contributed by atoms with Gasteiger partial charge in [-0.05, 0) is 57.2 Å². The van der Waals surface area contributed by atoms with E-state index in [1.807, 2.05) is 13.8 Å². The van der Waals surface area contributed by atoms with E-state index < -0.39 is 11.7 Å². The van der Waals surface area contributed by atoms with Crippen LogP contribution < -0.4 is 14.8 Å². The van der Waals surface area contributed by atoms with Crippen LogP contribution in [0.15, 0.2) is 58.4 Å². The zero-order valence-corrected chi connectivity index (χ0v) is 22.0. The van der Waals surface area contributed by atoms with Crippen molar-refractivity contribution in [2.24, 2.45) is 4.99 Å². The number of anilines is 1. The van der Waals surface area contributed by atoms with Crippen molar-refractivity contribution < 1.29 is 23.8 Å². The van der Waals surface area contributed by atoms with Crippen molar-refractivity contribution in [1.82, 2.24) is 15.2 Å². The van der Waals surface area contributed by atoms with Crippen LogP contribution in [0, 0.1) is 12.7 Å². The van der Waals surface area contributed by atoms with E-state index in [4.69, 9.17) is 9.47 Å². The molecule has 1 aromatic carbocycles. The number of aliphatic hydroxyl groups excluding tert-OH is 1. The Morgan fingerprint density at radius 3 is 2.76 bits per heavy atom. The van der Waals surface area contributed by atoms with Gasteiger partial charge in [0.1, 0.15) is 18.2 Å². The minimum absolute atomic E-state index is 0.151. The molecular weight excluding hydrogens is 497 g/mol. The van der Waals surface area contributed by atoms with Gasteiger partial charge < -0.3 is 14.6 Å². The molecule has 9 nitrogen and oxygen atoms in total. The molecule has 0 spiro atoms. The Hall–Kier alpha value is -3.96. The molecule has 11 heteroatoms. The summed E-state index contributed by atoms with van der Waals surface area (Å²) in [6.45, 7) is 7.40. The summed E-state index contributed by atoms with van der Waals surface area (Å²) in [5.74, 6) is -0.759. The molecule has 2 heterocycles. The summed E-state index contributed by atoms with van der Waals surface area (Å²) >= 11 is 1.04. The van der Waals surface area contributed by atoms with Gasteiger partial charge in [-0.25, -0.2) is 4.39 Å². The molecule has 2 N–H and O–H groups in total. The Morgan fingerprint density at radius 2 is 2.08 bits per heavy atom. The first-order valence-corrected chi connectivity index (χ1v) is 12.1. The number of aliphatic imine (C=N–C) groups is 1. The van der Waals surface area contributed by atoms with Gasteiger partial charge >= 0.3 is 0 Å². The third-order valence-corrected chi connectivity index (χ3v) is 6.00. The molecule has 0 saturated carbocycles. The lowest BCUT2D eigenvalue weighted by Gasteiger charge is -2.14. The Kier molecular flexibility index (Phi) is 9.58. The summed E-state index contributed by atoms with van der Waals surface area (Å²) < 4.78 is 25.8. The molecular formula is C26H28FN5O4S. The summed E-state index contributed by atoms with van der Waals surface area (Å²) in [6, 6.07) is 6.09. The first-order chi connectivity index (χ1) is 17.8. The van der Waals surface area contributed by atoms with E-state index >= 15 is 0 Å². The fourth-order valence-corrected chi connectivity index (χ4v) is 3.77. The number of aliphatic hydroxyl groups is 1. The van der Waals surface area contributed by atoms with E-state index in [0.717, 1.165) is 22.5 Å². The summed E-state index contributed by atoms with van der Waals surface area (Å²) in [5.41, 5.74) is 3.61. The number of nitrogens with zero attached hydrogens (tertiary/aromatic N) is 4. The lowest BCUT2D eigenvalue weighted by atomic mass is 9.98. The van der Waals surface area contributed by atoms with Gasteiger partial charge in [0, 0.05) is 29.2 Å². The largest absolute Gasteiger partial charge is 0.496 e. The second-order valence-electron chi connectivity index (χ2n) is 8.03. The fourth-order valence-electron chi connectivity index (χ4n) is 3.18. The average molecular weight is 526 g/mol. The van der Waals surface area contributed by atoms with Gasteiger partial charge in [-0.3, -0.25) is 20.1 Å². The van der Waals surface area contributed by atoms with Crippen molar-refractivity contribution in [3.8, 4) is 22.1 Å². The third-order valence-electron chi connectivity index (χ3n) is 5.25. The summed E-state index contributed by atoms with van der Waals surface area (Å²) in [5, 5.41) is 20.3. The third kappa shape index (κ3) is 7.05. The number of ether oxygens (including phenoxy) is 2. The van der Waals surface area contributed by atoms with Gasteiger partial charge in [-0.15, -0.1) is 5.10 Å². The molecule has 0 aliphatic rings. The normalized spacial score (nSPS) is 11.5. The van der Waals surface area contributed by atoms with Gasteiger partial charge in [0.2, 0.25) is 5.13 Å². The molecule has 0 unspecified atom stereocenters. The predicted octanol–water partition coefficient (Wildman–Crippen LogP) is 4.99. The molecule has 194 valence electrons. The van der Waals surface area contributed by atoms with Crippen molar-refractivity contribution in [3.63, 3.8) is 0 Å². The molecule has 37 heavy (non-hydrogen) atoms. The Morgan fingerprint density at radius 1 is 1.30 bits per heavy atom. The van der Waals surface area contributed by atoms with Crippen molar-refractivity contribution in [3.05, 3.63) is 70.5 Å². The highest BCUT2D eigenvalue weighted by atomic mass is 32.1. The zero-order chi connectivity index (χ0) is 26.9. The maximum Gasteiger partial charge on any atom is 0.296 e. The van der Waals surface area contributed by atoms with Gasteiger partial charge in [-0.1, -0.05) is 22.8 Å². The second-order valence-corrected chi connectivity index (χ2v) is 8.97. The summed E-state index contributed by atoms with van der Waals surface area (Å²) in [6.07, 6.45) is 4.74. The maximum atomic E-state index is 14.8. The van der Waals surface area contributed by atoms with Crippen LogP contribution in [0.5, 0.6) is 10.9 Å². The van der Waals surface area contributed by atoms with Gasteiger partial charge in [0.25, 0.3) is 11.1 Å². The molecule has 1 amide bonds. The zero-order valence-electron chi connectivity index (χ0n) is 21.2. The number of benzene rings is 1. The molecule has 0 bridgehead atoms. The van der Waals surface area contributed by atoms with Crippen LogP contribution in [0.25, 0.3) is 11.1 Å². The maximum absolute atomic E-state index is 14.8. The van der Waals surface area contributed by atoms with Crippen LogP contribution in [0.3, 0.4) is 0 Å². The van der Waals surface area contributed by atoms with E-state index in [-0.39, 0.29) is 34.7 Å². The number of halogens is 1. The first kappa shape index (κ1) is 27.6. The van der Waals surface area contributed by atoms with Crippen LogP contribution in [-0.4, -0.2) is 52.7 Å². The SMILES string of the molecule is C/C=C(/CO)N=CC(COc1nnc(NC(=O)c2cnc(C)cc2-c2c(F)cccc2OC)s1)=C(C)C. The molecule has 0 aliphatic heterocycles. The standard InChI is InChI=1S/C26H28FN5O4S/c1-6-18(13-33)29-11-17(15(2)3)14-36-26-32-31-25(37-26)30-24(34)20-12-28-16(4)10-19(20)23-21(27)8-7-9-22(23)35-5/h6-12,33H,13-14H2,1-5H3,(H,30,31,34)/b18-6-,29-11?. The molecule has 0 fully saturated rings. The molecule has 2 aromatic heterocycles. The topological polar surface area (TPSA) is 119 Å². The number of hydrogen-bond donors (Lipinski definition) is 2. The van der Waals surface area contributed by atoms with E-state index in [9.17, 15) is 14.3 Å². The number of amides is 1. The molecule has 0 aliphatic carbocycles. The lowest BCUT2D eigenvalue weighted by Crippen LogP contribution is -2.14. The van der Waals surface area contributed by atoms with E-state index in [1.165, 1.54) is 25.4 Å². The van der Waals surface area contributed by atoms with Crippen LogP contribution in [-0.2, 0) is 0 Å². The molecule has 0 saturated heterocycles. The second kappa shape index (κ2) is 12.8. The lowest BCUT2D eigenvalue weighted by molar-refractivity contribution is 0.102. The van der Waals surface area contributed by atoms with Gasteiger partial charge in [0.15, 0.2) is 0 Å². The predicted molar refractivity (Wildman–Crippen MR) is 142 cm³/mol. The number of hydrogen-bond acceptors (Lipinski definition) is 9. The number of methoxy groups -OCH3 is 1. The van der Waals surface area contributed by atoms with E-state index in [2.05, 4.69) is 25.5 Å². The number of nitrogens with one attached hydrogen (secondary N) is 1. The average Bonchev–Trinajstić information content (AvgIpc) is 3.32. The number of rotatable bonds is 10. The summed E-state index contributed by atoms with van der Waals surface area (Å²) in [4.78, 5) is 21.6. The number of carbonyl (C=O) groups is 1. The van der Waals surface area contributed by atoms with Crippen molar-refractivity contribution >= 4 is 28.6 Å². The van der Waals surface area contributed by atoms with Crippen molar-refractivity contribution in [1.29, 1.82) is 0 Å². The van der Waals surface area contributed by atoms with Gasteiger partial charge in [-0.2, -0.15) is 0 Å². The fraction of sp³-hybridized carbons (Fsp3) is 0.269. The molecule has 0 atom stereocenters. The highest BCUT2D eigenvalue weighted by molar-refractivity contribution is 7.17. The monoisotopic (exact) mass is 525 g/mol. The number of carbonyl (C=O) groups excluding carboxylic acids is 1. The van der Waals surface area contributed by atoms with Crippen LogP contribution >= 0.6 is 11.3 Å². The molecule has 0 radical (unpaired) electrons. The first-order valence-electron chi connectivity index (χ1n) is 11.3. The highest BCUT2D eigenvalue weighted by Gasteiger charge is 2.21. The minimum atomic E-state index is -0.532. The van der Waals surface area contributed by atoms with Gasteiger partial charge in [0.05, 0.1) is 30.5 Å². The number of aromatic nitrogens is 3. The molecule has 3 rings (SSSR count). The number of pyridine rings is 1. The highest BCUT2D eigenvalue weighted by Crippen LogP contribution is 2.35. The molecule has 3 aromatic rings. The van der Waals surface area contributed by atoms with E-state index in [0.29, 0.717) is 22.7 Å². The van der Waals surface area contributed by atoms with Crippen LogP contribution in [0.4, 0.5) is 9.52 Å². The smallest absolute Gasteiger partial charge is 0.296 e. The van der Waals surface area contributed by atoms with E-state index in [1.54, 1.807) is 38.3 Å². The number of aryl methyl sites for hydroxylation is 1.